The van der Waals surface area contributed by atoms with Crippen molar-refractivity contribution in [3.8, 4) is 22.9 Å². The Kier molecular flexibility index (Phi) is 6.92. The van der Waals surface area contributed by atoms with Gasteiger partial charge in [-0.2, -0.15) is 0 Å². The molecule has 0 spiro atoms. The van der Waals surface area contributed by atoms with Crippen molar-refractivity contribution >= 4 is 11.8 Å². The van der Waals surface area contributed by atoms with Crippen molar-refractivity contribution in [2.45, 2.75) is 43.1 Å². The zero-order valence-corrected chi connectivity index (χ0v) is 20.2. The summed E-state index contributed by atoms with van der Waals surface area (Å²) in [6, 6.07) is 18.0. The van der Waals surface area contributed by atoms with Gasteiger partial charge in [-0.15, -0.1) is 20.4 Å². The smallest absolute Gasteiger partial charge is 0.247 e. The number of thioether (sulfide) groups is 1. The summed E-state index contributed by atoms with van der Waals surface area (Å²) in [4.78, 5) is 2.49. The van der Waals surface area contributed by atoms with Crippen LogP contribution < -0.4 is 4.74 Å². The SMILES string of the molecule is COc1ccc(-n2c(SCc3nnc(-c4ccccc4)o3)nnc2[C@H](C)N2CCCCC2)cc1. The van der Waals surface area contributed by atoms with Crippen LogP contribution in [0.15, 0.2) is 64.2 Å². The highest BCUT2D eigenvalue weighted by Gasteiger charge is 2.26. The molecule has 1 saturated heterocycles. The van der Waals surface area contributed by atoms with E-state index in [0.717, 1.165) is 41.1 Å². The molecule has 0 radical (unpaired) electrons. The number of ether oxygens (including phenoxy) is 1. The topological polar surface area (TPSA) is 82.1 Å². The first-order chi connectivity index (χ1) is 16.7. The van der Waals surface area contributed by atoms with Crippen LogP contribution >= 0.6 is 11.8 Å². The Bertz CT molecular complexity index is 1200. The van der Waals surface area contributed by atoms with E-state index in [-0.39, 0.29) is 6.04 Å². The highest BCUT2D eigenvalue weighted by atomic mass is 32.2. The molecule has 0 N–H and O–H groups in total. The molecule has 0 amide bonds. The molecule has 3 heterocycles. The quantitative estimate of drug-likeness (QED) is 0.322. The number of likely N-dealkylation sites (tertiary alicyclic amines) is 1. The fourth-order valence-corrected chi connectivity index (χ4v) is 5.02. The van der Waals surface area contributed by atoms with Crippen LogP contribution in [0.3, 0.4) is 0 Å². The molecule has 1 atom stereocenters. The van der Waals surface area contributed by atoms with Gasteiger partial charge in [0.1, 0.15) is 5.75 Å². The standard InChI is InChI=1S/C25H28N6O2S/c1-18(30-15-7-4-8-16-30)23-27-29-25(31(23)20-11-13-21(32-2)14-12-20)34-17-22-26-28-24(33-22)19-9-5-3-6-10-19/h3,5-6,9-14,18H,4,7-8,15-17H2,1-2H3/t18-/m0/s1. The van der Waals surface area contributed by atoms with E-state index in [1.807, 2.05) is 54.6 Å². The van der Waals surface area contributed by atoms with Gasteiger partial charge < -0.3 is 9.15 Å². The summed E-state index contributed by atoms with van der Waals surface area (Å²) in [5.41, 5.74) is 1.91. The van der Waals surface area contributed by atoms with E-state index in [1.54, 1.807) is 18.9 Å². The van der Waals surface area contributed by atoms with E-state index in [9.17, 15) is 0 Å². The lowest BCUT2D eigenvalue weighted by molar-refractivity contribution is 0.167. The zero-order valence-electron chi connectivity index (χ0n) is 19.4. The summed E-state index contributed by atoms with van der Waals surface area (Å²) in [5.74, 6) is 3.33. The van der Waals surface area contributed by atoms with Crippen molar-refractivity contribution in [3.63, 3.8) is 0 Å². The van der Waals surface area contributed by atoms with Crippen LogP contribution in [0.2, 0.25) is 0 Å². The molecule has 176 valence electrons. The average molecular weight is 477 g/mol. The maximum absolute atomic E-state index is 5.89. The van der Waals surface area contributed by atoms with Crippen molar-refractivity contribution in [1.29, 1.82) is 0 Å². The molecule has 0 saturated carbocycles. The second-order valence-corrected chi connectivity index (χ2v) is 9.24. The van der Waals surface area contributed by atoms with E-state index in [0.29, 0.717) is 17.5 Å². The molecule has 1 aliphatic heterocycles. The minimum Gasteiger partial charge on any atom is -0.497 e. The molecular formula is C25H28N6O2S. The van der Waals surface area contributed by atoms with Crippen molar-refractivity contribution in [3.05, 3.63) is 66.3 Å². The minimum absolute atomic E-state index is 0.164. The molecule has 0 unspecified atom stereocenters. The summed E-state index contributed by atoms with van der Waals surface area (Å²) in [7, 11) is 1.67. The molecule has 1 fully saturated rings. The van der Waals surface area contributed by atoms with Crippen molar-refractivity contribution in [2.24, 2.45) is 0 Å². The van der Waals surface area contributed by atoms with Crippen LogP contribution in [0, 0.1) is 0 Å². The number of piperidine rings is 1. The molecule has 0 aliphatic carbocycles. The Hall–Kier alpha value is -3.17. The third-order valence-electron chi connectivity index (χ3n) is 6.11. The number of methoxy groups -OCH3 is 1. The second-order valence-electron chi connectivity index (χ2n) is 8.30. The van der Waals surface area contributed by atoms with Gasteiger partial charge in [-0.3, -0.25) is 9.47 Å². The highest BCUT2D eigenvalue weighted by Crippen LogP contribution is 2.31. The highest BCUT2D eigenvalue weighted by molar-refractivity contribution is 7.98. The van der Waals surface area contributed by atoms with Gasteiger partial charge in [0.25, 0.3) is 0 Å². The van der Waals surface area contributed by atoms with Crippen LogP contribution in [-0.2, 0) is 5.75 Å². The summed E-state index contributed by atoms with van der Waals surface area (Å²) in [6.45, 7) is 4.39. The number of rotatable bonds is 8. The van der Waals surface area contributed by atoms with Crippen molar-refractivity contribution in [2.75, 3.05) is 20.2 Å². The maximum atomic E-state index is 5.89. The van der Waals surface area contributed by atoms with E-state index in [1.165, 1.54) is 19.3 Å². The Morgan fingerprint density at radius 2 is 1.71 bits per heavy atom. The predicted octanol–water partition coefficient (Wildman–Crippen LogP) is 5.17. The fourth-order valence-electron chi connectivity index (χ4n) is 4.22. The number of benzene rings is 2. The Morgan fingerprint density at radius 3 is 2.44 bits per heavy atom. The molecule has 1 aliphatic rings. The van der Waals surface area contributed by atoms with Gasteiger partial charge >= 0.3 is 0 Å². The van der Waals surface area contributed by atoms with E-state index in [2.05, 4.69) is 36.8 Å². The Morgan fingerprint density at radius 1 is 0.941 bits per heavy atom. The van der Waals surface area contributed by atoms with Gasteiger partial charge in [0, 0.05) is 11.3 Å². The Balaban J connectivity index is 1.41. The lowest BCUT2D eigenvalue weighted by Crippen LogP contribution is -2.33. The first-order valence-electron chi connectivity index (χ1n) is 11.6. The normalized spacial score (nSPS) is 15.4. The van der Waals surface area contributed by atoms with Crippen LogP contribution in [0.1, 0.15) is 43.9 Å². The molecule has 5 rings (SSSR count). The van der Waals surface area contributed by atoms with E-state index >= 15 is 0 Å². The number of aromatic nitrogens is 5. The molecule has 0 bridgehead atoms. The Labute approximate surface area is 203 Å². The van der Waals surface area contributed by atoms with Gasteiger partial charge in [-0.1, -0.05) is 36.4 Å². The predicted molar refractivity (Wildman–Crippen MR) is 131 cm³/mol. The first-order valence-corrected chi connectivity index (χ1v) is 12.6. The average Bonchev–Trinajstić information content (AvgIpc) is 3.55. The maximum Gasteiger partial charge on any atom is 0.247 e. The number of hydrogen-bond acceptors (Lipinski definition) is 8. The second kappa shape index (κ2) is 10.4. The molecule has 2 aromatic carbocycles. The summed E-state index contributed by atoms with van der Waals surface area (Å²) in [6.07, 6.45) is 3.75. The van der Waals surface area contributed by atoms with E-state index in [4.69, 9.17) is 9.15 Å². The lowest BCUT2D eigenvalue weighted by Gasteiger charge is -2.31. The zero-order chi connectivity index (χ0) is 23.3. The van der Waals surface area contributed by atoms with E-state index < -0.39 is 0 Å². The van der Waals surface area contributed by atoms with Gasteiger partial charge in [0.2, 0.25) is 11.8 Å². The van der Waals surface area contributed by atoms with Crippen molar-refractivity contribution in [1.82, 2.24) is 29.9 Å². The molecule has 9 heteroatoms. The van der Waals surface area contributed by atoms with Gasteiger partial charge in [0.05, 0.1) is 18.9 Å². The van der Waals surface area contributed by atoms with Crippen LogP contribution in [0.5, 0.6) is 5.75 Å². The van der Waals surface area contributed by atoms with Crippen LogP contribution in [-0.4, -0.2) is 50.1 Å². The lowest BCUT2D eigenvalue weighted by atomic mass is 10.1. The fraction of sp³-hybridized carbons (Fsp3) is 0.360. The van der Waals surface area contributed by atoms with Gasteiger partial charge in [0.15, 0.2) is 11.0 Å². The monoisotopic (exact) mass is 476 g/mol. The largest absolute Gasteiger partial charge is 0.497 e. The van der Waals surface area contributed by atoms with Gasteiger partial charge in [-0.25, -0.2) is 0 Å². The van der Waals surface area contributed by atoms with Crippen LogP contribution in [0.4, 0.5) is 0 Å². The summed E-state index contributed by atoms with van der Waals surface area (Å²) in [5, 5.41) is 18.4. The summed E-state index contributed by atoms with van der Waals surface area (Å²) >= 11 is 1.54. The minimum atomic E-state index is 0.164. The number of nitrogens with zero attached hydrogens (tertiary/aromatic N) is 6. The third-order valence-corrected chi connectivity index (χ3v) is 7.03. The molecule has 8 nitrogen and oxygen atoms in total. The van der Waals surface area contributed by atoms with Crippen LogP contribution in [0.25, 0.3) is 17.1 Å². The molecule has 2 aromatic heterocycles. The molecule has 34 heavy (non-hydrogen) atoms. The molecular weight excluding hydrogens is 448 g/mol. The van der Waals surface area contributed by atoms with Crippen molar-refractivity contribution < 1.29 is 9.15 Å². The molecule has 4 aromatic rings. The first kappa shape index (κ1) is 22.6. The van der Waals surface area contributed by atoms with Gasteiger partial charge in [-0.05, 0) is 69.3 Å². The third kappa shape index (κ3) is 4.85. The summed E-state index contributed by atoms with van der Waals surface area (Å²) < 4.78 is 13.4. The number of hydrogen-bond donors (Lipinski definition) is 0.